The zero-order valence-corrected chi connectivity index (χ0v) is 6.89. The Bertz CT molecular complexity index is 300. The number of halogens is 1. The van der Waals surface area contributed by atoms with Crippen molar-refractivity contribution >= 4 is 22.7 Å². The van der Waals surface area contributed by atoms with E-state index in [2.05, 4.69) is 0 Å². The fraction of sp³-hybridized carbons (Fsp3) is 0. The Morgan fingerprint density at radius 3 is 2.55 bits per heavy atom. The SMILES string of the molecule is O=S(O)c1ccc(O)c(Cl)c1. The molecule has 60 valence electrons. The highest BCUT2D eigenvalue weighted by Gasteiger charge is 2.03. The molecule has 11 heavy (non-hydrogen) atoms. The molecule has 0 heterocycles. The number of aromatic hydroxyl groups is 1. The number of hydrogen-bond acceptors (Lipinski definition) is 2. The smallest absolute Gasteiger partial charge is 0.186 e. The largest absolute Gasteiger partial charge is 0.506 e. The molecular formula is C6H5ClO3S. The van der Waals surface area contributed by atoms with E-state index in [1.807, 2.05) is 0 Å². The Balaban J connectivity index is 3.15. The van der Waals surface area contributed by atoms with E-state index in [-0.39, 0.29) is 15.7 Å². The van der Waals surface area contributed by atoms with Gasteiger partial charge in [0, 0.05) is 0 Å². The minimum atomic E-state index is -2.04. The fourth-order valence-corrected chi connectivity index (χ4v) is 1.24. The van der Waals surface area contributed by atoms with Crippen LogP contribution in [0.2, 0.25) is 5.02 Å². The average Bonchev–Trinajstić information content (AvgIpc) is 1.94. The first-order chi connectivity index (χ1) is 5.11. The van der Waals surface area contributed by atoms with Gasteiger partial charge in [-0.1, -0.05) is 11.6 Å². The lowest BCUT2D eigenvalue weighted by atomic mass is 10.3. The molecule has 1 atom stereocenters. The monoisotopic (exact) mass is 192 g/mol. The summed E-state index contributed by atoms with van der Waals surface area (Å²) >= 11 is 3.42. The Morgan fingerprint density at radius 1 is 1.45 bits per heavy atom. The van der Waals surface area contributed by atoms with Gasteiger partial charge in [0.05, 0.1) is 9.92 Å². The van der Waals surface area contributed by atoms with Crippen molar-refractivity contribution in [2.75, 3.05) is 0 Å². The molecule has 0 amide bonds. The van der Waals surface area contributed by atoms with Crippen molar-refractivity contribution in [1.29, 1.82) is 0 Å². The first kappa shape index (κ1) is 8.52. The van der Waals surface area contributed by atoms with Gasteiger partial charge in [0.15, 0.2) is 11.1 Å². The van der Waals surface area contributed by atoms with Crippen LogP contribution in [0.15, 0.2) is 23.1 Å². The van der Waals surface area contributed by atoms with Crippen LogP contribution in [0, 0.1) is 0 Å². The van der Waals surface area contributed by atoms with Crippen LogP contribution in [0.4, 0.5) is 0 Å². The first-order valence-electron chi connectivity index (χ1n) is 2.70. The predicted molar refractivity (Wildman–Crippen MR) is 42.2 cm³/mol. The van der Waals surface area contributed by atoms with Crippen molar-refractivity contribution in [3.05, 3.63) is 23.2 Å². The standard InChI is InChI=1S/C6H5ClO3S/c7-5-3-4(11(9)10)1-2-6(5)8/h1-3,8H,(H,9,10). The lowest BCUT2D eigenvalue weighted by Gasteiger charge is -1.97. The number of rotatable bonds is 1. The number of phenolic OH excluding ortho intramolecular Hbond substituents is 1. The zero-order valence-electron chi connectivity index (χ0n) is 5.32. The van der Waals surface area contributed by atoms with Crippen LogP contribution in [0.25, 0.3) is 0 Å². The summed E-state index contributed by atoms with van der Waals surface area (Å²) in [6.45, 7) is 0. The van der Waals surface area contributed by atoms with Crippen LogP contribution in [0.3, 0.4) is 0 Å². The Kier molecular flexibility index (Phi) is 2.49. The van der Waals surface area contributed by atoms with E-state index in [1.54, 1.807) is 0 Å². The topological polar surface area (TPSA) is 57.5 Å². The molecule has 1 aromatic carbocycles. The van der Waals surface area contributed by atoms with Gasteiger partial charge in [-0.15, -0.1) is 0 Å². The van der Waals surface area contributed by atoms with Crippen LogP contribution in [0.1, 0.15) is 0 Å². The molecule has 1 aromatic rings. The molecule has 1 rings (SSSR count). The highest BCUT2D eigenvalue weighted by atomic mass is 35.5. The van der Waals surface area contributed by atoms with E-state index in [9.17, 15) is 4.21 Å². The second-order valence-corrected chi connectivity index (χ2v) is 3.24. The molecule has 0 spiro atoms. The van der Waals surface area contributed by atoms with Crippen molar-refractivity contribution in [1.82, 2.24) is 0 Å². The van der Waals surface area contributed by atoms with E-state index < -0.39 is 11.1 Å². The molecule has 0 bridgehead atoms. The van der Waals surface area contributed by atoms with Gasteiger partial charge in [-0.3, -0.25) is 0 Å². The highest BCUT2D eigenvalue weighted by Crippen LogP contribution is 2.24. The summed E-state index contributed by atoms with van der Waals surface area (Å²) in [4.78, 5) is 0.174. The molecule has 0 radical (unpaired) electrons. The molecule has 0 saturated carbocycles. The van der Waals surface area contributed by atoms with Crippen molar-refractivity contribution in [2.24, 2.45) is 0 Å². The Morgan fingerprint density at radius 2 is 2.09 bits per heavy atom. The van der Waals surface area contributed by atoms with E-state index >= 15 is 0 Å². The molecule has 0 aliphatic heterocycles. The maximum atomic E-state index is 10.4. The minimum Gasteiger partial charge on any atom is -0.506 e. The van der Waals surface area contributed by atoms with Crippen LogP contribution in [-0.4, -0.2) is 13.9 Å². The molecule has 0 aliphatic carbocycles. The van der Waals surface area contributed by atoms with Gasteiger partial charge in [-0.05, 0) is 18.2 Å². The van der Waals surface area contributed by atoms with Crippen molar-refractivity contribution in [2.45, 2.75) is 4.90 Å². The van der Waals surface area contributed by atoms with Gasteiger partial charge in [0.1, 0.15) is 5.75 Å². The van der Waals surface area contributed by atoms with Gasteiger partial charge >= 0.3 is 0 Å². The second kappa shape index (κ2) is 3.21. The molecule has 1 unspecified atom stereocenters. The number of hydrogen-bond donors (Lipinski definition) is 2. The lowest BCUT2D eigenvalue weighted by Crippen LogP contribution is -1.86. The molecule has 0 aliphatic rings. The molecule has 0 fully saturated rings. The summed E-state index contributed by atoms with van der Waals surface area (Å²) in [6, 6.07) is 3.84. The third kappa shape index (κ3) is 1.92. The molecule has 0 saturated heterocycles. The van der Waals surface area contributed by atoms with Gasteiger partial charge in [0.25, 0.3) is 0 Å². The maximum Gasteiger partial charge on any atom is 0.186 e. The van der Waals surface area contributed by atoms with E-state index in [1.165, 1.54) is 18.2 Å². The number of benzene rings is 1. The van der Waals surface area contributed by atoms with Gasteiger partial charge < -0.3 is 9.66 Å². The maximum absolute atomic E-state index is 10.4. The summed E-state index contributed by atoms with van der Waals surface area (Å²) < 4.78 is 19.0. The Labute approximate surface area is 70.9 Å². The number of phenols is 1. The summed E-state index contributed by atoms with van der Waals surface area (Å²) in [5, 5.41) is 8.99. The molecular weight excluding hydrogens is 188 g/mol. The molecule has 5 heteroatoms. The van der Waals surface area contributed by atoms with Gasteiger partial charge in [0.2, 0.25) is 0 Å². The molecule has 3 nitrogen and oxygen atoms in total. The third-order valence-electron chi connectivity index (χ3n) is 1.12. The summed E-state index contributed by atoms with van der Waals surface area (Å²) in [6.07, 6.45) is 0. The predicted octanol–water partition coefficient (Wildman–Crippen LogP) is 1.63. The minimum absolute atomic E-state index is 0.0740. The van der Waals surface area contributed by atoms with Crippen molar-refractivity contribution in [3.8, 4) is 5.75 Å². The van der Waals surface area contributed by atoms with Crippen LogP contribution < -0.4 is 0 Å². The zero-order chi connectivity index (χ0) is 8.43. The van der Waals surface area contributed by atoms with Gasteiger partial charge in [-0.25, -0.2) is 4.21 Å². The normalized spacial score (nSPS) is 12.9. The molecule has 2 N–H and O–H groups in total. The van der Waals surface area contributed by atoms with E-state index in [0.717, 1.165) is 0 Å². The van der Waals surface area contributed by atoms with Crippen molar-refractivity contribution in [3.63, 3.8) is 0 Å². The van der Waals surface area contributed by atoms with Crippen LogP contribution in [0.5, 0.6) is 5.75 Å². The van der Waals surface area contributed by atoms with Gasteiger partial charge in [-0.2, -0.15) is 0 Å². The first-order valence-corrected chi connectivity index (χ1v) is 4.19. The third-order valence-corrected chi connectivity index (χ3v) is 2.08. The summed E-state index contributed by atoms with van der Waals surface area (Å²) in [5.74, 6) is -0.0964. The summed E-state index contributed by atoms with van der Waals surface area (Å²) in [7, 11) is 0. The van der Waals surface area contributed by atoms with Crippen LogP contribution in [-0.2, 0) is 11.1 Å². The quantitative estimate of drug-likeness (QED) is 0.665. The molecule has 0 aromatic heterocycles. The van der Waals surface area contributed by atoms with Crippen LogP contribution >= 0.6 is 11.6 Å². The van der Waals surface area contributed by atoms with E-state index in [0.29, 0.717) is 0 Å². The Hall–Kier alpha value is -0.580. The fourth-order valence-electron chi connectivity index (χ4n) is 0.596. The lowest BCUT2D eigenvalue weighted by molar-refractivity contribution is 0.475. The van der Waals surface area contributed by atoms with Crippen molar-refractivity contribution < 1.29 is 13.9 Å². The summed E-state index contributed by atoms with van der Waals surface area (Å²) in [5.41, 5.74) is 0. The van der Waals surface area contributed by atoms with E-state index in [4.69, 9.17) is 21.3 Å². The average molecular weight is 193 g/mol. The second-order valence-electron chi connectivity index (χ2n) is 1.86. The highest BCUT2D eigenvalue weighted by molar-refractivity contribution is 7.79.